The lowest BCUT2D eigenvalue weighted by molar-refractivity contribution is 0.141. The third kappa shape index (κ3) is 9.45. The Bertz CT molecular complexity index is 371. The number of nitrogens with zero attached hydrogens (tertiary/aromatic N) is 2. The summed E-state index contributed by atoms with van der Waals surface area (Å²) >= 11 is 0. The van der Waals surface area contributed by atoms with Crippen LogP contribution in [-0.4, -0.2) is 61.3 Å². The maximum Gasteiger partial charge on any atom is 0.191 e. The average Bonchev–Trinajstić information content (AvgIpc) is 2.57. The van der Waals surface area contributed by atoms with Crippen LogP contribution in [-0.2, 0) is 0 Å². The van der Waals surface area contributed by atoms with Crippen molar-refractivity contribution in [1.29, 1.82) is 0 Å². The van der Waals surface area contributed by atoms with Gasteiger partial charge in [-0.2, -0.15) is 0 Å². The summed E-state index contributed by atoms with van der Waals surface area (Å²) in [5.74, 6) is 2.73. The van der Waals surface area contributed by atoms with E-state index < -0.39 is 0 Å². The normalized spacial score (nSPS) is 21.0. The molecule has 0 aromatic heterocycles. The molecule has 0 spiro atoms. The number of aliphatic hydroxyl groups excluding tert-OH is 1. The zero-order valence-electron chi connectivity index (χ0n) is 17.2. The minimum Gasteiger partial charge on any atom is -0.396 e. The van der Waals surface area contributed by atoms with Gasteiger partial charge in [-0.3, -0.25) is 4.99 Å². The molecule has 1 heterocycles. The van der Waals surface area contributed by atoms with Gasteiger partial charge in [0.25, 0.3) is 0 Å². The van der Waals surface area contributed by atoms with E-state index in [1.807, 2.05) is 0 Å². The zero-order chi connectivity index (χ0) is 18.7. The van der Waals surface area contributed by atoms with E-state index in [0.29, 0.717) is 23.8 Å². The quantitative estimate of drug-likeness (QED) is 0.417. The number of rotatable bonds is 10. The summed E-state index contributed by atoms with van der Waals surface area (Å²) < 4.78 is 0. The van der Waals surface area contributed by atoms with E-state index in [-0.39, 0.29) is 6.61 Å². The molecule has 0 aromatic carbocycles. The van der Waals surface area contributed by atoms with Crippen molar-refractivity contribution in [2.24, 2.45) is 22.7 Å². The molecule has 0 saturated carbocycles. The minimum atomic E-state index is 0.254. The Morgan fingerprint density at radius 2 is 2.00 bits per heavy atom. The van der Waals surface area contributed by atoms with E-state index in [9.17, 15) is 5.11 Å². The Morgan fingerprint density at radius 3 is 2.60 bits per heavy atom. The lowest BCUT2D eigenvalue weighted by Crippen LogP contribution is -2.46. The Balaban J connectivity index is 2.51. The molecule has 0 radical (unpaired) electrons. The second-order valence-corrected chi connectivity index (χ2v) is 8.21. The fourth-order valence-electron chi connectivity index (χ4n) is 3.67. The lowest BCUT2D eigenvalue weighted by atomic mass is 9.94. The minimum absolute atomic E-state index is 0.254. The molecule has 0 amide bonds. The first-order chi connectivity index (χ1) is 12.0. The molecule has 148 valence electrons. The molecule has 2 atom stereocenters. The Labute approximate surface area is 155 Å². The van der Waals surface area contributed by atoms with Crippen LogP contribution in [0, 0.1) is 17.8 Å². The Morgan fingerprint density at radius 1 is 1.24 bits per heavy atom. The molecule has 0 bridgehead atoms. The molecule has 1 saturated heterocycles. The molecule has 1 aliphatic heterocycles. The highest BCUT2D eigenvalue weighted by Crippen LogP contribution is 2.18. The summed E-state index contributed by atoms with van der Waals surface area (Å²) in [7, 11) is 0. The highest BCUT2D eigenvalue weighted by molar-refractivity contribution is 5.79. The highest BCUT2D eigenvalue weighted by Gasteiger charge is 2.21. The molecular weight excluding hydrogens is 312 g/mol. The maximum absolute atomic E-state index is 9.28. The van der Waals surface area contributed by atoms with Crippen molar-refractivity contribution in [2.75, 3.05) is 39.3 Å². The third-order valence-corrected chi connectivity index (χ3v) is 5.03. The number of hydrogen-bond donors (Lipinski definition) is 3. The average molecular weight is 355 g/mol. The summed E-state index contributed by atoms with van der Waals surface area (Å²) in [5, 5.41) is 16.2. The van der Waals surface area contributed by atoms with Gasteiger partial charge in [0.15, 0.2) is 5.96 Å². The van der Waals surface area contributed by atoms with Gasteiger partial charge >= 0.3 is 0 Å². The van der Waals surface area contributed by atoms with Gasteiger partial charge in [0, 0.05) is 38.8 Å². The van der Waals surface area contributed by atoms with Crippen LogP contribution in [0.4, 0.5) is 0 Å². The second kappa shape index (κ2) is 12.5. The summed E-state index contributed by atoms with van der Waals surface area (Å²) in [6, 6.07) is 0.639. The summed E-state index contributed by atoms with van der Waals surface area (Å²) in [4.78, 5) is 7.38. The van der Waals surface area contributed by atoms with Crippen molar-refractivity contribution >= 4 is 5.96 Å². The topological polar surface area (TPSA) is 59.9 Å². The van der Waals surface area contributed by atoms with Crippen LogP contribution in [0.25, 0.3) is 0 Å². The molecule has 0 aromatic rings. The molecule has 0 aliphatic carbocycles. The van der Waals surface area contributed by atoms with E-state index in [1.165, 1.54) is 25.9 Å². The zero-order valence-corrected chi connectivity index (χ0v) is 17.2. The van der Waals surface area contributed by atoms with Crippen molar-refractivity contribution in [3.63, 3.8) is 0 Å². The number of nitrogens with one attached hydrogen (secondary N) is 2. The maximum atomic E-state index is 9.28. The number of guanidine groups is 1. The van der Waals surface area contributed by atoms with E-state index in [1.54, 1.807) is 0 Å². The summed E-state index contributed by atoms with van der Waals surface area (Å²) in [5.41, 5.74) is 0. The first kappa shape index (κ1) is 22.2. The van der Waals surface area contributed by atoms with Crippen molar-refractivity contribution in [3.05, 3.63) is 0 Å². The van der Waals surface area contributed by atoms with Crippen molar-refractivity contribution in [2.45, 2.75) is 66.3 Å². The number of hydrogen-bond acceptors (Lipinski definition) is 3. The van der Waals surface area contributed by atoms with E-state index in [0.717, 1.165) is 38.4 Å². The van der Waals surface area contributed by atoms with Crippen LogP contribution in [0.15, 0.2) is 4.99 Å². The van der Waals surface area contributed by atoms with Gasteiger partial charge < -0.3 is 20.6 Å². The Hall–Kier alpha value is -0.810. The van der Waals surface area contributed by atoms with Crippen LogP contribution in [0.2, 0.25) is 0 Å². The van der Waals surface area contributed by atoms with Crippen LogP contribution >= 0.6 is 0 Å². The monoisotopic (exact) mass is 354 g/mol. The van der Waals surface area contributed by atoms with Crippen LogP contribution in [0.5, 0.6) is 0 Å². The van der Waals surface area contributed by atoms with Crippen molar-refractivity contribution < 1.29 is 5.11 Å². The van der Waals surface area contributed by atoms with Crippen LogP contribution < -0.4 is 10.6 Å². The van der Waals surface area contributed by atoms with E-state index in [2.05, 4.69) is 50.2 Å². The molecule has 2 unspecified atom stereocenters. The van der Waals surface area contributed by atoms with E-state index in [4.69, 9.17) is 4.99 Å². The molecule has 1 rings (SSSR count). The van der Waals surface area contributed by atoms with Gasteiger partial charge in [-0.1, -0.05) is 13.8 Å². The number of aliphatic hydroxyl groups is 1. The van der Waals surface area contributed by atoms with Gasteiger partial charge in [-0.25, -0.2) is 0 Å². The molecule has 25 heavy (non-hydrogen) atoms. The largest absolute Gasteiger partial charge is 0.396 e. The molecule has 1 aliphatic rings. The van der Waals surface area contributed by atoms with Crippen molar-refractivity contribution in [3.8, 4) is 0 Å². The van der Waals surface area contributed by atoms with Gasteiger partial charge in [0.2, 0.25) is 0 Å². The number of piperidine rings is 1. The highest BCUT2D eigenvalue weighted by atomic mass is 16.3. The number of likely N-dealkylation sites (tertiary alicyclic amines) is 1. The first-order valence-corrected chi connectivity index (χ1v) is 10.3. The summed E-state index contributed by atoms with van der Waals surface area (Å²) in [6.07, 6.45) is 4.56. The smallest absolute Gasteiger partial charge is 0.191 e. The predicted octanol–water partition coefficient (Wildman–Crippen LogP) is 2.71. The standard InChI is InChI=1S/C20H42N4O/c1-6-21-20(22-13-18(9-11-25)12-16(2)3)23-14-19-8-7-10-24(15-19)17(4)5/h16-19,25H,6-15H2,1-5H3,(H2,21,22,23). The molecule has 5 nitrogen and oxygen atoms in total. The van der Waals surface area contributed by atoms with E-state index >= 15 is 0 Å². The molecule has 1 fully saturated rings. The second-order valence-electron chi connectivity index (χ2n) is 8.21. The van der Waals surface area contributed by atoms with Crippen LogP contribution in [0.3, 0.4) is 0 Å². The van der Waals surface area contributed by atoms with Gasteiger partial charge in [0.1, 0.15) is 0 Å². The molecule has 3 N–H and O–H groups in total. The lowest BCUT2D eigenvalue weighted by Gasteiger charge is -2.35. The molecule has 5 heteroatoms. The Kier molecular flexibility index (Phi) is 11.1. The van der Waals surface area contributed by atoms with Gasteiger partial charge in [0.05, 0.1) is 0 Å². The SMILES string of the molecule is CCNC(=NCC(CCO)CC(C)C)NCC1CCCN(C(C)C)C1. The third-order valence-electron chi connectivity index (χ3n) is 5.03. The predicted molar refractivity (Wildman–Crippen MR) is 108 cm³/mol. The van der Waals surface area contributed by atoms with Gasteiger partial charge in [-0.15, -0.1) is 0 Å². The fourth-order valence-corrected chi connectivity index (χ4v) is 3.67. The summed E-state index contributed by atoms with van der Waals surface area (Å²) in [6.45, 7) is 16.5. The van der Waals surface area contributed by atoms with Crippen molar-refractivity contribution in [1.82, 2.24) is 15.5 Å². The fraction of sp³-hybridized carbons (Fsp3) is 0.950. The number of aliphatic imine (C=N–C) groups is 1. The first-order valence-electron chi connectivity index (χ1n) is 10.3. The van der Waals surface area contributed by atoms with Gasteiger partial charge in [-0.05, 0) is 70.8 Å². The molecular formula is C20H42N4O. The van der Waals surface area contributed by atoms with Crippen LogP contribution in [0.1, 0.15) is 60.3 Å².